The maximum absolute atomic E-state index is 12.7. The molecule has 0 radical (unpaired) electrons. The average molecular weight is 510 g/mol. The van der Waals surface area contributed by atoms with Gasteiger partial charge in [-0.15, -0.1) is 0 Å². The first-order valence-corrected chi connectivity index (χ1v) is 10.6. The zero-order valence-electron chi connectivity index (χ0n) is 16.3. The molecule has 1 fully saturated rings. The minimum atomic E-state index is -0.594. The predicted molar refractivity (Wildman–Crippen MR) is 116 cm³/mol. The molecule has 1 aliphatic rings. The zero-order valence-corrected chi connectivity index (χ0v) is 18.4. The molecular formula is C21H23IN2O5. The van der Waals surface area contributed by atoms with Gasteiger partial charge in [0.1, 0.15) is 24.1 Å². The molecule has 0 saturated carbocycles. The quantitative estimate of drug-likeness (QED) is 0.336. The molecule has 8 heteroatoms. The highest BCUT2D eigenvalue weighted by molar-refractivity contribution is 14.1. The number of alkyl carbamates (subject to hydrolysis) is 1. The van der Waals surface area contributed by atoms with Gasteiger partial charge in [0.05, 0.1) is 20.3 Å². The van der Waals surface area contributed by atoms with Crippen LogP contribution in [0.2, 0.25) is 0 Å². The second-order valence-corrected chi connectivity index (χ2v) is 7.43. The van der Waals surface area contributed by atoms with E-state index in [4.69, 9.17) is 14.2 Å². The number of hydrogen-bond acceptors (Lipinski definition) is 5. The van der Waals surface area contributed by atoms with Crippen molar-refractivity contribution in [2.45, 2.75) is 25.2 Å². The number of methoxy groups -OCH3 is 2. The van der Waals surface area contributed by atoms with Crippen LogP contribution in [0.3, 0.4) is 0 Å². The number of halogens is 1. The Balaban J connectivity index is 1.59. The maximum atomic E-state index is 12.7. The van der Waals surface area contributed by atoms with Gasteiger partial charge in [0, 0.05) is 22.6 Å². The molecule has 1 heterocycles. The Morgan fingerprint density at radius 2 is 1.90 bits per heavy atom. The number of nitrogens with one attached hydrogen (secondary N) is 1. The first-order chi connectivity index (χ1) is 14.1. The monoisotopic (exact) mass is 510 g/mol. The summed E-state index contributed by atoms with van der Waals surface area (Å²) in [6, 6.07) is 14.2. The Labute approximate surface area is 183 Å². The first kappa shape index (κ1) is 21.2. The van der Waals surface area contributed by atoms with Crippen LogP contribution in [0.5, 0.6) is 11.5 Å². The fraction of sp³-hybridized carbons (Fsp3) is 0.333. The highest BCUT2D eigenvalue weighted by atomic mass is 127. The number of nitrogens with zero attached hydrogens (tertiary/aromatic N) is 1. The molecule has 1 N–H and O–H groups in total. The van der Waals surface area contributed by atoms with E-state index in [1.807, 2.05) is 42.5 Å². The van der Waals surface area contributed by atoms with Gasteiger partial charge in [0.25, 0.3) is 0 Å². The Hall–Kier alpha value is -2.49. The van der Waals surface area contributed by atoms with Crippen LogP contribution in [-0.4, -0.2) is 47.6 Å². The van der Waals surface area contributed by atoms with E-state index in [1.54, 1.807) is 25.2 Å². The van der Waals surface area contributed by atoms with Crippen LogP contribution in [-0.2, 0) is 22.7 Å². The second-order valence-electron chi connectivity index (χ2n) is 6.55. The number of hydrogen-bond donors (Lipinski definition) is 1. The summed E-state index contributed by atoms with van der Waals surface area (Å²) in [4.78, 5) is 26.5. The van der Waals surface area contributed by atoms with E-state index in [0.29, 0.717) is 22.5 Å². The van der Waals surface area contributed by atoms with Gasteiger partial charge in [-0.25, -0.2) is 4.79 Å². The van der Waals surface area contributed by atoms with Crippen molar-refractivity contribution in [1.82, 2.24) is 10.2 Å². The van der Waals surface area contributed by atoms with Gasteiger partial charge in [-0.3, -0.25) is 4.79 Å². The summed E-state index contributed by atoms with van der Waals surface area (Å²) in [5, 5.41) is 2.69. The SMILES string of the molecule is COc1ccc(CN2C(=O)[C@@H](NC(=O)OCc3ccccc3)[C@H]2CI)c(OC)c1. The summed E-state index contributed by atoms with van der Waals surface area (Å²) < 4.78 is 16.6. The lowest BCUT2D eigenvalue weighted by molar-refractivity contribution is -0.150. The standard InChI is InChI=1S/C21H23IN2O5/c1-27-16-9-8-15(18(10-16)28-2)12-24-17(11-22)19(20(24)25)23-21(26)29-13-14-6-4-3-5-7-14/h3-10,17,19H,11-13H2,1-2H3,(H,23,26)/t17-,19+/m1/s1. The topological polar surface area (TPSA) is 77.1 Å². The molecule has 7 nitrogen and oxygen atoms in total. The number of amides is 2. The number of likely N-dealkylation sites (tertiary alicyclic amines) is 1. The molecule has 2 aromatic carbocycles. The minimum absolute atomic E-state index is 0.112. The van der Waals surface area contributed by atoms with Crippen molar-refractivity contribution in [2.75, 3.05) is 18.6 Å². The molecule has 0 aromatic heterocycles. The van der Waals surface area contributed by atoms with E-state index < -0.39 is 12.1 Å². The van der Waals surface area contributed by atoms with E-state index in [-0.39, 0.29) is 18.6 Å². The first-order valence-electron chi connectivity index (χ1n) is 9.12. The molecule has 1 aliphatic heterocycles. The van der Waals surface area contributed by atoms with Crippen molar-refractivity contribution < 1.29 is 23.8 Å². The lowest BCUT2D eigenvalue weighted by Gasteiger charge is -2.46. The molecule has 0 bridgehead atoms. The molecule has 0 spiro atoms. The lowest BCUT2D eigenvalue weighted by Crippen LogP contribution is -2.70. The summed E-state index contributed by atoms with van der Waals surface area (Å²) in [5.74, 6) is 1.20. The molecule has 0 unspecified atom stereocenters. The van der Waals surface area contributed by atoms with Crippen molar-refractivity contribution >= 4 is 34.6 Å². The number of alkyl halides is 1. The number of ether oxygens (including phenoxy) is 3. The van der Waals surface area contributed by atoms with Crippen LogP contribution in [0.4, 0.5) is 4.79 Å². The fourth-order valence-corrected chi connectivity index (χ4v) is 4.17. The number of carbonyl (C=O) groups is 2. The van der Waals surface area contributed by atoms with Gasteiger partial charge in [0.15, 0.2) is 0 Å². The van der Waals surface area contributed by atoms with E-state index >= 15 is 0 Å². The minimum Gasteiger partial charge on any atom is -0.497 e. The summed E-state index contributed by atoms with van der Waals surface area (Å²) in [5.41, 5.74) is 1.77. The zero-order chi connectivity index (χ0) is 20.8. The molecular weight excluding hydrogens is 487 g/mol. The summed E-state index contributed by atoms with van der Waals surface area (Å²) in [7, 11) is 3.17. The Bertz CT molecular complexity index is 861. The van der Waals surface area contributed by atoms with E-state index in [1.165, 1.54) is 0 Å². The van der Waals surface area contributed by atoms with Crippen LogP contribution in [0.25, 0.3) is 0 Å². The molecule has 1 saturated heterocycles. The maximum Gasteiger partial charge on any atom is 0.408 e. The number of carbonyl (C=O) groups excluding carboxylic acids is 2. The van der Waals surface area contributed by atoms with Crippen molar-refractivity contribution in [2.24, 2.45) is 0 Å². The summed E-state index contributed by atoms with van der Waals surface area (Å²) in [6.45, 7) is 0.562. The highest BCUT2D eigenvalue weighted by Crippen LogP contribution is 2.30. The molecule has 29 heavy (non-hydrogen) atoms. The summed E-state index contributed by atoms with van der Waals surface area (Å²) in [6.07, 6.45) is -0.594. The second kappa shape index (κ2) is 9.82. The fourth-order valence-electron chi connectivity index (χ4n) is 3.19. The van der Waals surface area contributed by atoms with Crippen LogP contribution >= 0.6 is 22.6 Å². The van der Waals surface area contributed by atoms with Gasteiger partial charge >= 0.3 is 6.09 Å². The van der Waals surface area contributed by atoms with Crippen LogP contribution < -0.4 is 14.8 Å². The van der Waals surface area contributed by atoms with Crippen LogP contribution in [0.15, 0.2) is 48.5 Å². The third kappa shape index (κ3) is 4.92. The Morgan fingerprint density at radius 1 is 1.14 bits per heavy atom. The Morgan fingerprint density at radius 3 is 2.55 bits per heavy atom. The largest absolute Gasteiger partial charge is 0.497 e. The molecule has 0 aliphatic carbocycles. The third-order valence-electron chi connectivity index (χ3n) is 4.81. The highest BCUT2D eigenvalue weighted by Gasteiger charge is 2.47. The van der Waals surface area contributed by atoms with Crippen LogP contribution in [0, 0.1) is 0 Å². The smallest absolute Gasteiger partial charge is 0.408 e. The van der Waals surface area contributed by atoms with Gasteiger partial charge < -0.3 is 24.4 Å². The van der Waals surface area contributed by atoms with Gasteiger partial charge in [0.2, 0.25) is 5.91 Å². The average Bonchev–Trinajstić information content (AvgIpc) is 2.77. The predicted octanol–water partition coefficient (Wildman–Crippen LogP) is 3.14. The lowest BCUT2D eigenvalue weighted by atomic mass is 9.95. The molecule has 2 atom stereocenters. The molecule has 3 rings (SSSR count). The van der Waals surface area contributed by atoms with Crippen molar-refractivity contribution in [3.8, 4) is 11.5 Å². The van der Waals surface area contributed by atoms with Crippen molar-refractivity contribution in [3.63, 3.8) is 0 Å². The van der Waals surface area contributed by atoms with Gasteiger partial charge in [-0.05, 0) is 17.7 Å². The normalized spacial score (nSPS) is 18.0. The Kier molecular flexibility index (Phi) is 7.18. The third-order valence-corrected chi connectivity index (χ3v) is 5.72. The van der Waals surface area contributed by atoms with E-state index in [0.717, 1.165) is 11.1 Å². The molecule has 2 aromatic rings. The van der Waals surface area contributed by atoms with Gasteiger partial charge in [-0.2, -0.15) is 0 Å². The van der Waals surface area contributed by atoms with Gasteiger partial charge in [-0.1, -0.05) is 52.9 Å². The number of benzene rings is 2. The number of β-lactam (4-membered cyclic amide) rings is 1. The summed E-state index contributed by atoms with van der Waals surface area (Å²) >= 11 is 2.22. The van der Waals surface area contributed by atoms with Crippen LogP contribution in [0.1, 0.15) is 11.1 Å². The molecule has 2 amide bonds. The number of rotatable bonds is 8. The van der Waals surface area contributed by atoms with Crippen molar-refractivity contribution in [3.05, 3.63) is 59.7 Å². The van der Waals surface area contributed by atoms with E-state index in [2.05, 4.69) is 27.9 Å². The van der Waals surface area contributed by atoms with Crippen molar-refractivity contribution in [1.29, 1.82) is 0 Å². The molecule has 154 valence electrons. The van der Waals surface area contributed by atoms with E-state index in [9.17, 15) is 9.59 Å².